The maximum Gasteiger partial charge on any atom is 0.404 e. The molecule has 1 atom stereocenters. The van der Waals surface area contributed by atoms with E-state index in [2.05, 4.69) is 6.58 Å². The fourth-order valence-corrected chi connectivity index (χ4v) is 0.910. The number of primary amides is 1. The fourth-order valence-electron chi connectivity index (χ4n) is 0.910. The van der Waals surface area contributed by atoms with Gasteiger partial charge in [-0.15, -0.1) is 6.58 Å². The van der Waals surface area contributed by atoms with Crippen LogP contribution in [0.4, 0.5) is 4.79 Å². The smallest absolute Gasteiger partial charge is 0.404 e. The van der Waals surface area contributed by atoms with Crippen molar-refractivity contribution in [2.24, 2.45) is 5.73 Å². The van der Waals surface area contributed by atoms with Crippen LogP contribution in [0.5, 0.6) is 0 Å². The van der Waals surface area contributed by atoms with Crippen LogP contribution in [0, 0.1) is 0 Å². The molecule has 2 N–H and O–H groups in total. The van der Waals surface area contributed by atoms with Gasteiger partial charge in [-0.2, -0.15) is 0 Å². The van der Waals surface area contributed by atoms with Crippen LogP contribution in [0.1, 0.15) is 26.7 Å². The van der Waals surface area contributed by atoms with Gasteiger partial charge in [-0.1, -0.05) is 17.7 Å². The Morgan fingerprint density at radius 1 is 1.54 bits per heavy atom. The van der Waals surface area contributed by atoms with Crippen molar-refractivity contribution >= 4 is 6.09 Å². The van der Waals surface area contributed by atoms with Crippen LogP contribution in [0.3, 0.4) is 0 Å². The fraction of sp³-hybridized carbons (Fsp3) is 0.500. The Morgan fingerprint density at radius 3 is 2.54 bits per heavy atom. The van der Waals surface area contributed by atoms with E-state index in [1.54, 1.807) is 6.08 Å². The first-order chi connectivity index (χ1) is 6.06. The van der Waals surface area contributed by atoms with Crippen molar-refractivity contribution in [3.05, 3.63) is 24.3 Å². The summed E-state index contributed by atoms with van der Waals surface area (Å²) < 4.78 is 4.86. The predicted octanol–water partition coefficient (Wildman–Crippen LogP) is 2.38. The van der Waals surface area contributed by atoms with E-state index in [9.17, 15) is 4.79 Å². The third-order valence-electron chi connectivity index (χ3n) is 1.50. The predicted molar refractivity (Wildman–Crippen MR) is 53.3 cm³/mol. The molecule has 1 amide bonds. The van der Waals surface area contributed by atoms with E-state index in [0.717, 1.165) is 0 Å². The molecule has 0 rings (SSSR count). The quantitative estimate of drug-likeness (QED) is 0.665. The molecule has 0 aliphatic heterocycles. The minimum atomic E-state index is -0.728. The van der Waals surface area contributed by atoms with Gasteiger partial charge >= 0.3 is 6.09 Å². The highest BCUT2D eigenvalue weighted by atomic mass is 16.6. The lowest BCUT2D eigenvalue weighted by Crippen LogP contribution is -2.21. The molecule has 13 heavy (non-hydrogen) atoms. The molecule has 0 radical (unpaired) electrons. The van der Waals surface area contributed by atoms with Gasteiger partial charge in [-0.25, -0.2) is 4.79 Å². The summed E-state index contributed by atoms with van der Waals surface area (Å²) in [6.45, 7) is 7.57. The van der Waals surface area contributed by atoms with Gasteiger partial charge < -0.3 is 10.5 Å². The highest BCUT2D eigenvalue weighted by molar-refractivity contribution is 5.64. The van der Waals surface area contributed by atoms with Crippen LogP contribution in [-0.4, -0.2) is 12.2 Å². The Balaban J connectivity index is 4.01. The van der Waals surface area contributed by atoms with Gasteiger partial charge in [0.05, 0.1) is 0 Å². The highest BCUT2D eigenvalue weighted by Crippen LogP contribution is 2.07. The van der Waals surface area contributed by atoms with E-state index in [4.69, 9.17) is 10.5 Å². The zero-order chi connectivity index (χ0) is 10.3. The third-order valence-corrected chi connectivity index (χ3v) is 1.50. The van der Waals surface area contributed by atoms with Gasteiger partial charge in [0.25, 0.3) is 0 Å². The van der Waals surface area contributed by atoms with Crippen molar-refractivity contribution in [1.82, 2.24) is 0 Å². The van der Waals surface area contributed by atoms with Crippen molar-refractivity contribution in [1.29, 1.82) is 0 Å². The maximum absolute atomic E-state index is 10.5. The number of nitrogens with two attached hydrogens (primary N) is 1. The van der Waals surface area contributed by atoms with E-state index in [0.29, 0.717) is 12.8 Å². The van der Waals surface area contributed by atoms with Crippen LogP contribution in [-0.2, 0) is 4.74 Å². The van der Waals surface area contributed by atoms with Crippen molar-refractivity contribution in [3.63, 3.8) is 0 Å². The second-order valence-corrected chi connectivity index (χ2v) is 3.10. The van der Waals surface area contributed by atoms with Crippen LogP contribution < -0.4 is 5.73 Å². The van der Waals surface area contributed by atoms with Crippen LogP contribution >= 0.6 is 0 Å². The first-order valence-electron chi connectivity index (χ1n) is 4.26. The largest absolute Gasteiger partial charge is 0.446 e. The zero-order valence-electron chi connectivity index (χ0n) is 8.25. The molecule has 0 heterocycles. The second kappa shape index (κ2) is 6.29. The summed E-state index contributed by atoms with van der Waals surface area (Å²) in [7, 11) is 0. The molecule has 0 aromatic rings. The Bertz CT molecular complexity index is 205. The molecular weight excluding hydrogens is 166 g/mol. The summed E-state index contributed by atoms with van der Waals surface area (Å²) in [6.07, 6.45) is 4.15. The standard InChI is InChI=1S/C10H17NO2/c1-4-5-9(13-10(11)12)7-6-8(2)3/h4,6,9H,1,5,7H2,2-3H3,(H2,11,12). The molecule has 0 aromatic heterocycles. The number of carbonyl (C=O) groups excluding carboxylic acids is 1. The summed E-state index contributed by atoms with van der Waals surface area (Å²) in [5, 5.41) is 0. The number of allylic oxidation sites excluding steroid dienone is 1. The van der Waals surface area contributed by atoms with E-state index in [1.165, 1.54) is 5.57 Å². The Labute approximate surface area is 79.3 Å². The summed E-state index contributed by atoms with van der Waals surface area (Å²) in [5.74, 6) is 0. The Morgan fingerprint density at radius 2 is 2.15 bits per heavy atom. The number of carbonyl (C=O) groups is 1. The van der Waals surface area contributed by atoms with E-state index >= 15 is 0 Å². The van der Waals surface area contributed by atoms with Crippen molar-refractivity contribution in [2.45, 2.75) is 32.8 Å². The average Bonchev–Trinajstić information content (AvgIpc) is 1.99. The van der Waals surface area contributed by atoms with Gasteiger partial charge in [0.2, 0.25) is 0 Å². The zero-order valence-corrected chi connectivity index (χ0v) is 8.25. The molecule has 0 bridgehead atoms. The Hall–Kier alpha value is -1.25. The van der Waals surface area contributed by atoms with Crippen LogP contribution in [0.2, 0.25) is 0 Å². The number of hydrogen-bond acceptors (Lipinski definition) is 2. The molecule has 0 fully saturated rings. The van der Waals surface area contributed by atoms with Crippen molar-refractivity contribution in [3.8, 4) is 0 Å². The van der Waals surface area contributed by atoms with Gasteiger partial charge in [-0.3, -0.25) is 0 Å². The number of rotatable bonds is 5. The lowest BCUT2D eigenvalue weighted by atomic mass is 10.1. The van der Waals surface area contributed by atoms with E-state index in [1.807, 2.05) is 19.9 Å². The molecule has 0 spiro atoms. The van der Waals surface area contributed by atoms with E-state index < -0.39 is 6.09 Å². The minimum Gasteiger partial charge on any atom is -0.446 e. The topological polar surface area (TPSA) is 52.3 Å². The SMILES string of the molecule is C=CCC(CC=C(C)C)OC(N)=O. The molecular formula is C10H17NO2. The molecule has 3 heteroatoms. The third kappa shape index (κ3) is 7.12. The van der Waals surface area contributed by atoms with Crippen LogP contribution in [0.15, 0.2) is 24.3 Å². The minimum absolute atomic E-state index is 0.176. The highest BCUT2D eigenvalue weighted by Gasteiger charge is 2.08. The van der Waals surface area contributed by atoms with Gasteiger partial charge in [-0.05, 0) is 13.8 Å². The number of hydrogen-bond donors (Lipinski definition) is 1. The first-order valence-corrected chi connectivity index (χ1v) is 4.26. The monoisotopic (exact) mass is 183 g/mol. The number of ether oxygens (including phenoxy) is 1. The first kappa shape index (κ1) is 11.8. The lowest BCUT2D eigenvalue weighted by molar-refractivity contribution is 0.109. The summed E-state index contributed by atoms with van der Waals surface area (Å²) >= 11 is 0. The summed E-state index contributed by atoms with van der Waals surface area (Å²) in [4.78, 5) is 10.5. The van der Waals surface area contributed by atoms with E-state index in [-0.39, 0.29) is 6.10 Å². The molecule has 1 unspecified atom stereocenters. The maximum atomic E-state index is 10.5. The van der Waals surface area contributed by atoms with Gasteiger partial charge in [0, 0.05) is 12.8 Å². The summed E-state index contributed by atoms with van der Waals surface area (Å²) in [6, 6.07) is 0. The Kier molecular flexibility index (Phi) is 5.68. The molecule has 0 saturated heterocycles. The normalized spacial score (nSPS) is 11.5. The average molecular weight is 183 g/mol. The summed E-state index contributed by atoms with van der Waals surface area (Å²) in [5.41, 5.74) is 6.11. The van der Waals surface area contributed by atoms with Crippen molar-refractivity contribution in [2.75, 3.05) is 0 Å². The molecule has 3 nitrogen and oxygen atoms in total. The molecule has 0 aliphatic rings. The molecule has 0 aromatic carbocycles. The van der Waals surface area contributed by atoms with Crippen molar-refractivity contribution < 1.29 is 9.53 Å². The number of amides is 1. The molecule has 74 valence electrons. The second-order valence-electron chi connectivity index (χ2n) is 3.10. The molecule has 0 aliphatic carbocycles. The van der Waals surface area contributed by atoms with Gasteiger partial charge in [0.1, 0.15) is 6.10 Å². The van der Waals surface area contributed by atoms with Gasteiger partial charge in [0.15, 0.2) is 0 Å². The van der Waals surface area contributed by atoms with Crippen LogP contribution in [0.25, 0.3) is 0 Å². The lowest BCUT2D eigenvalue weighted by Gasteiger charge is -2.12. The molecule has 0 saturated carbocycles.